The number of nitrogens with zero attached hydrogens (tertiary/aromatic N) is 6. The SMILES string of the molecule is COC(=O)N[C@H](C(=O)N[C@@H](Cc1ccc(C#Cc2ccc(N3C[C@@H]4C[C@H]3CN4C3COC3)nc2)cc1)[C@@H](O)CN(Cc1ccc(-c2ccn(C(F)F)n2)cc1)NC(=O)[C@@H](NC(=O)OC)C(C)(C)C(F)(F)F)C(C)(C)C(F)(F)F. The Morgan fingerprint density at radius 3 is 1.83 bits per heavy atom. The molecule has 4 aromatic rings. The van der Waals surface area contributed by atoms with Gasteiger partial charge >= 0.3 is 31.1 Å². The molecule has 78 heavy (non-hydrogen) atoms. The fourth-order valence-corrected chi connectivity index (χ4v) is 9.30. The minimum atomic E-state index is -5.10. The molecule has 5 heterocycles. The third-order valence-electron chi connectivity index (χ3n) is 14.4. The van der Waals surface area contributed by atoms with Crippen LogP contribution in [0.2, 0.25) is 0 Å². The number of pyridine rings is 1. The fraction of sp³-hybridized carbons (Fsp3) is 0.500. The number of alkyl halides is 8. The van der Waals surface area contributed by atoms with Crippen LogP contribution in [-0.2, 0) is 36.8 Å². The normalized spacial score (nSPS) is 18.6. The Bertz CT molecular complexity index is 2800. The average Bonchev–Trinajstić information content (AvgIpc) is 4.18. The molecule has 2 aromatic carbocycles. The Balaban J connectivity index is 1.15. The molecular formula is C52H60F8N10O8. The van der Waals surface area contributed by atoms with Crippen LogP contribution in [-0.4, -0.2) is 156 Å². The predicted octanol–water partition coefficient (Wildman–Crippen LogP) is 5.95. The van der Waals surface area contributed by atoms with Crippen LogP contribution in [0, 0.1) is 22.7 Å². The van der Waals surface area contributed by atoms with Gasteiger partial charge in [0.1, 0.15) is 17.9 Å². The molecule has 0 unspecified atom stereocenters. The Kier molecular flexibility index (Phi) is 17.9. The highest BCUT2D eigenvalue weighted by atomic mass is 19.4. The zero-order valence-electron chi connectivity index (χ0n) is 43.3. The lowest BCUT2D eigenvalue weighted by atomic mass is 9.82. The molecule has 7 rings (SSSR count). The molecule has 0 aliphatic carbocycles. The fourth-order valence-electron chi connectivity index (χ4n) is 9.30. The van der Waals surface area contributed by atoms with Gasteiger partial charge in [-0.1, -0.05) is 48.2 Å². The van der Waals surface area contributed by atoms with Crippen molar-refractivity contribution >= 4 is 29.8 Å². The predicted molar refractivity (Wildman–Crippen MR) is 265 cm³/mol. The van der Waals surface area contributed by atoms with E-state index in [-0.39, 0.29) is 12.1 Å². The zero-order valence-corrected chi connectivity index (χ0v) is 43.3. The second kappa shape index (κ2) is 23.9. The molecule has 3 aliphatic rings. The van der Waals surface area contributed by atoms with E-state index in [4.69, 9.17) is 4.74 Å². The van der Waals surface area contributed by atoms with Crippen molar-refractivity contribution in [2.45, 2.75) is 108 Å². The second-order valence-electron chi connectivity index (χ2n) is 20.4. The maximum absolute atomic E-state index is 14.6. The van der Waals surface area contributed by atoms with Gasteiger partial charge in [0.15, 0.2) is 0 Å². The van der Waals surface area contributed by atoms with Crippen LogP contribution < -0.4 is 26.3 Å². The third-order valence-corrected chi connectivity index (χ3v) is 14.4. The van der Waals surface area contributed by atoms with E-state index in [1.165, 1.54) is 30.3 Å². The summed E-state index contributed by atoms with van der Waals surface area (Å²) in [5.74, 6) is 4.11. The standard InChI is InChI=1S/C52H60F8N10O8/c1-49(2,51(55,56)57)42(63-47(74)76-5)44(72)62-39(21-31-10-7-30(8-11-31)9-12-32-15-18-41(61-23-32)69-26-35-22-36(69)25-68(35)37-28-78-29-37)40(71)27-67(66-45(73)43(64-48(75)77-6)50(3,4)52(58,59)60)24-33-13-16-34(17-14-33)38-19-20-70(65-38)46(53)54/h7-8,10-11,13-20,23,35-37,39-40,42-43,46,71H,21-22,24-29H2,1-6H3,(H,62,72)(H,63,74)(H,64,75)(H,66,73)/t35-,36-,39-,40-,42+,43+/m0/s1. The minimum absolute atomic E-state index is 0.152. The summed E-state index contributed by atoms with van der Waals surface area (Å²) in [4.78, 5) is 62.4. The molecule has 3 fully saturated rings. The lowest BCUT2D eigenvalue weighted by molar-refractivity contribution is -0.221. The zero-order chi connectivity index (χ0) is 56.9. The molecule has 3 saturated heterocycles. The van der Waals surface area contributed by atoms with Crippen LogP contribution in [0.15, 0.2) is 79.1 Å². The van der Waals surface area contributed by atoms with Gasteiger partial charge in [0.05, 0.1) is 62.1 Å². The summed E-state index contributed by atoms with van der Waals surface area (Å²) in [5, 5.41) is 23.1. The summed E-state index contributed by atoms with van der Waals surface area (Å²) in [6.45, 7) is 1.85. The van der Waals surface area contributed by atoms with Crippen LogP contribution in [0.3, 0.4) is 0 Å². The summed E-state index contributed by atoms with van der Waals surface area (Å²) in [5.41, 5.74) is -1.24. The van der Waals surface area contributed by atoms with Crippen LogP contribution in [0.1, 0.15) is 62.9 Å². The number of hydrogen-bond acceptors (Lipinski definition) is 13. The van der Waals surface area contributed by atoms with Crippen molar-refractivity contribution < 1.29 is 73.6 Å². The van der Waals surface area contributed by atoms with E-state index in [0.717, 1.165) is 64.0 Å². The number of halogens is 8. The maximum atomic E-state index is 14.6. The van der Waals surface area contributed by atoms with Crippen LogP contribution in [0.4, 0.5) is 50.5 Å². The van der Waals surface area contributed by atoms with E-state index in [1.54, 1.807) is 30.5 Å². The number of aliphatic hydroxyl groups is 1. The van der Waals surface area contributed by atoms with Crippen LogP contribution >= 0.6 is 0 Å². The summed E-state index contributed by atoms with van der Waals surface area (Å²) in [7, 11) is 1.73. The number of carbonyl (C=O) groups excluding carboxylic acids is 4. The van der Waals surface area contributed by atoms with Gasteiger partial charge in [-0.3, -0.25) is 19.9 Å². The number of hydrazine groups is 1. The molecule has 26 heteroatoms. The second-order valence-corrected chi connectivity index (χ2v) is 20.4. The van der Waals surface area contributed by atoms with Gasteiger partial charge in [0.25, 0.3) is 5.91 Å². The number of aromatic nitrogens is 3. The largest absolute Gasteiger partial charge is 0.453 e. The number of anilines is 1. The molecule has 0 radical (unpaired) electrons. The van der Waals surface area contributed by atoms with Crippen molar-refractivity contribution in [2.24, 2.45) is 10.8 Å². The molecular weight excluding hydrogens is 1040 g/mol. The molecule has 422 valence electrons. The highest BCUT2D eigenvalue weighted by Gasteiger charge is 2.57. The van der Waals surface area contributed by atoms with Crippen molar-refractivity contribution in [3.8, 4) is 23.1 Å². The number of rotatable bonds is 19. The molecule has 18 nitrogen and oxygen atoms in total. The van der Waals surface area contributed by atoms with Gasteiger partial charge in [-0.25, -0.2) is 24.3 Å². The van der Waals surface area contributed by atoms with Crippen molar-refractivity contribution in [3.63, 3.8) is 0 Å². The molecule has 4 amide bonds. The number of piperazine rings is 1. The lowest BCUT2D eigenvalue weighted by Crippen LogP contribution is -2.63. The first-order valence-corrected chi connectivity index (χ1v) is 24.6. The maximum Gasteiger partial charge on any atom is 0.407 e. The van der Waals surface area contributed by atoms with E-state index >= 15 is 0 Å². The number of alkyl carbamates (subject to hydrolysis) is 2. The van der Waals surface area contributed by atoms with E-state index in [1.807, 2.05) is 22.8 Å². The monoisotopic (exact) mass is 1100 g/mol. The van der Waals surface area contributed by atoms with E-state index in [0.29, 0.717) is 78.3 Å². The highest BCUT2D eigenvalue weighted by molar-refractivity contribution is 5.87. The van der Waals surface area contributed by atoms with E-state index < -0.39 is 91.1 Å². The molecule has 2 bridgehead atoms. The van der Waals surface area contributed by atoms with Crippen LogP contribution in [0.25, 0.3) is 11.3 Å². The van der Waals surface area contributed by atoms with Gasteiger partial charge in [0.2, 0.25) is 5.91 Å². The number of likely N-dealkylation sites (tertiary alicyclic amines) is 1. The summed E-state index contributed by atoms with van der Waals surface area (Å²) < 4.78 is 129. The highest BCUT2D eigenvalue weighted by Crippen LogP contribution is 2.42. The minimum Gasteiger partial charge on any atom is -0.453 e. The number of nitrogens with one attached hydrogen (secondary N) is 4. The number of aliphatic hydroxyl groups excluding tert-OH is 1. The number of ether oxygens (including phenoxy) is 3. The Labute approximate surface area is 444 Å². The van der Waals surface area contributed by atoms with Gasteiger partial charge in [-0.2, -0.15) is 40.2 Å². The van der Waals surface area contributed by atoms with Crippen molar-refractivity contribution in [3.05, 3.63) is 101 Å². The van der Waals surface area contributed by atoms with E-state index in [2.05, 4.69) is 51.9 Å². The van der Waals surface area contributed by atoms with Crippen molar-refractivity contribution in [2.75, 3.05) is 52.0 Å². The number of hydrogen-bond donors (Lipinski definition) is 5. The van der Waals surface area contributed by atoms with Gasteiger partial charge < -0.3 is 40.2 Å². The molecule has 0 spiro atoms. The van der Waals surface area contributed by atoms with Gasteiger partial charge in [-0.15, -0.1) is 0 Å². The molecule has 6 atom stereocenters. The number of fused-ring (bicyclic) bond motifs is 2. The first-order chi connectivity index (χ1) is 36.7. The molecule has 0 saturated carbocycles. The number of carbonyl (C=O) groups is 4. The quantitative estimate of drug-likeness (QED) is 0.0419. The van der Waals surface area contributed by atoms with Gasteiger partial charge in [0, 0.05) is 67.3 Å². The first-order valence-electron chi connectivity index (χ1n) is 24.6. The molecule has 2 aromatic heterocycles. The summed E-state index contributed by atoms with van der Waals surface area (Å²) in [6, 6.07) is 12.3. The Morgan fingerprint density at radius 2 is 1.33 bits per heavy atom. The summed E-state index contributed by atoms with van der Waals surface area (Å²) >= 11 is 0. The van der Waals surface area contributed by atoms with Crippen molar-refractivity contribution in [1.82, 2.24) is 46.0 Å². The topological polar surface area (TPSA) is 205 Å². The number of amides is 4. The number of benzene rings is 2. The first kappa shape index (κ1) is 58.6. The third kappa shape index (κ3) is 13.6. The molecule has 5 N–H and O–H groups in total. The van der Waals surface area contributed by atoms with Crippen molar-refractivity contribution in [1.29, 1.82) is 0 Å². The van der Waals surface area contributed by atoms with Gasteiger partial charge in [-0.05, 0) is 82.0 Å². The summed E-state index contributed by atoms with van der Waals surface area (Å²) in [6.07, 6.45) is -11.4. The van der Waals surface area contributed by atoms with Crippen LogP contribution in [0.5, 0.6) is 0 Å². The lowest BCUT2D eigenvalue weighted by Gasteiger charge is -2.42. The average molecular weight is 1110 g/mol. The Hall–Kier alpha value is -7.08. The Morgan fingerprint density at radius 1 is 0.756 bits per heavy atom. The van der Waals surface area contributed by atoms with E-state index in [9.17, 15) is 59.4 Å². The smallest absolute Gasteiger partial charge is 0.407 e. The number of methoxy groups -OCH3 is 2. The molecule has 3 aliphatic heterocycles.